The van der Waals surface area contributed by atoms with Gasteiger partial charge in [0, 0.05) is 17.1 Å². The maximum absolute atomic E-state index is 6.05. The van der Waals surface area contributed by atoms with Gasteiger partial charge in [0.15, 0.2) is 0 Å². The molecule has 0 spiro atoms. The zero-order chi connectivity index (χ0) is 11.8. The van der Waals surface area contributed by atoms with Crippen LogP contribution in [0.4, 0.5) is 0 Å². The molecule has 1 aromatic carbocycles. The van der Waals surface area contributed by atoms with E-state index in [1.165, 1.54) is 16.6 Å². The molecule has 1 aliphatic rings. The zero-order valence-corrected chi connectivity index (χ0v) is 10.1. The number of rotatable bonds is 2. The molecule has 1 aromatic heterocycles. The van der Waals surface area contributed by atoms with Gasteiger partial charge in [0.1, 0.15) is 5.75 Å². The lowest BCUT2D eigenvalue weighted by molar-refractivity contribution is 0.343. The van der Waals surface area contributed by atoms with Crippen LogP contribution in [0.2, 0.25) is 0 Å². The summed E-state index contributed by atoms with van der Waals surface area (Å²) in [6, 6.07) is 6.54. The minimum absolute atomic E-state index is 0.303. The van der Waals surface area contributed by atoms with Gasteiger partial charge in [0.25, 0.3) is 0 Å². The molecule has 0 aliphatic heterocycles. The Hall–Kier alpha value is -1.48. The summed E-state index contributed by atoms with van der Waals surface area (Å²) in [5.41, 5.74) is 9.91. The summed E-state index contributed by atoms with van der Waals surface area (Å²) in [4.78, 5) is 3.51. The fourth-order valence-corrected chi connectivity index (χ4v) is 2.72. The van der Waals surface area contributed by atoms with Gasteiger partial charge in [-0.3, -0.25) is 0 Å². The maximum Gasteiger partial charge on any atom is 0.143 e. The Bertz CT molecular complexity index is 544. The summed E-state index contributed by atoms with van der Waals surface area (Å²) in [6.45, 7) is 2.71. The van der Waals surface area contributed by atoms with Crippen molar-refractivity contribution in [2.45, 2.75) is 32.2 Å². The van der Waals surface area contributed by atoms with Crippen molar-refractivity contribution in [3.05, 3.63) is 29.5 Å². The van der Waals surface area contributed by atoms with Crippen LogP contribution in [0.1, 0.15) is 24.6 Å². The number of hydrogen-bond donors (Lipinski definition) is 2. The first-order chi connectivity index (χ1) is 8.29. The van der Waals surface area contributed by atoms with Crippen molar-refractivity contribution >= 4 is 10.9 Å². The van der Waals surface area contributed by atoms with E-state index >= 15 is 0 Å². The Morgan fingerprint density at radius 1 is 1.47 bits per heavy atom. The van der Waals surface area contributed by atoms with Crippen LogP contribution in [0.25, 0.3) is 10.9 Å². The second-order valence-electron chi connectivity index (χ2n) is 4.70. The first-order valence-corrected chi connectivity index (χ1v) is 6.30. The van der Waals surface area contributed by atoms with E-state index in [4.69, 9.17) is 10.5 Å². The minimum atomic E-state index is 0.303. The van der Waals surface area contributed by atoms with Gasteiger partial charge in [-0.25, -0.2) is 0 Å². The van der Waals surface area contributed by atoms with E-state index in [0.29, 0.717) is 12.6 Å². The van der Waals surface area contributed by atoms with Crippen LogP contribution < -0.4 is 10.5 Å². The summed E-state index contributed by atoms with van der Waals surface area (Å²) in [5, 5.41) is 1.28. The molecule has 0 radical (unpaired) electrons. The minimum Gasteiger partial charge on any atom is -0.492 e. The van der Waals surface area contributed by atoms with Gasteiger partial charge in [-0.2, -0.15) is 0 Å². The Morgan fingerprint density at radius 3 is 3.18 bits per heavy atom. The van der Waals surface area contributed by atoms with Crippen molar-refractivity contribution in [2.24, 2.45) is 5.73 Å². The molecular weight excluding hydrogens is 212 g/mol. The molecule has 0 fully saturated rings. The van der Waals surface area contributed by atoms with Gasteiger partial charge in [0.05, 0.1) is 12.1 Å². The summed E-state index contributed by atoms with van der Waals surface area (Å²) in [7, 11) is 0. The number of H-pyrrole nitrogens is 1. The van der Waals surface area contributed by atoms with Crippen LogP contribution in [0.15, 0.2) is 18.2 Å². The molecule has 90 valence electrons. The molecule has 1 heterocycles. The quantitative estimate of drug-likeness (QED) is 0.832. The molecule has 3 rings (SSSR count). The lowest BCUT2D eigenvalue weighted by Crippen LogP contribution is -2.27. The smallest absolute Gasteiger partial charge is 0.143 e. The summed E-state index contributed by atoms with van der Waals surface area (Å²) in [6.07, 6.45) is 3.10. The van der Waals surface area contributed by atoms with Crippen molar-refractivity contribution < 1.29 is 4.74 Å². The Morgan fingerprint density at radius 2 is 2.35 bits per heavy atom. The number of aromatic nitrogens is 1. The number of ether oxygens (including phenoxy) is 1. The summed E-state index contributed by atoms with van der Waals surface area (Å²) >= 11 is 0. The fraction of sp³-hybridized carbons (Fsp3) is 0.429. The average Bonchev–Trinajstić information content (AvgIpc) is 2.69. The standard InChI is InChI=1S/C14H18N2O/c1-2-17-13-5-3-4-10-11-8-9(15)6-7-12(11)16-14(10)13/h3-5,9,16H,2,6-8,15H2,1H3. The SMILES string of the molecule is CCOc1cccc2c3c([nH]c12)CCC(N)C3. The molecule has 1 unspecified atom stereocenters. The molecular formula is C14H18N2O. The molecule has 0 saturated heterocycles. The average molecular weight is 230 g/mol. The first-order valence-electron chi connectivity index (χ1n) is 6.30. The number of benzene rings is 1. The highest BCUT2D eigenvalue weighted by Crippen LogP contribution is 2.33. The van der Waals surface area contributed by atoms with Crippen LogP contribution in [0, 0.1) is 0 Å². The number of aryl methyl sites for hydroxylation is 1. The fourth-order valence-electron chi connectivity index (χ4n) is 2.72. The predicted octanol–water partition coefficient (Wildman–Crippen LogP) is 2.38. The third-order valence-electron chi connectivity index (χ3n) is 3.52. The van der Waals surface area contributed by atoms with Gasteiger partial charge >= 0.3 is 0 Å². The summed E-state index contributed by atoms with van der Waals surface area (Å²) < 4.78 is 5.66. The van der Waals surface area contributed by atoms with Gasteiger partial charge in [-0.1, -0.05) is 12.1 Å². The lowest BCUT2D eigenvalue weighted by atomic mass is 9.92. The molecule has 3 N–H and O–H groups in total. The molecule has 3 nitrogen and oxygen atoms in total. The molecule has 0 amide bonds. The highest BCUT2D eigenvalue weighted by molar-refractivity contribution is 5.89. The summed E-state index contributed by atoms with van der Waals surface area (Å²) in [5.74, 6) is 0.952. The maximum atomic E-state index is 6.05. The lowest BCUT2D eigenvalue weighted by Gasteiger charge is -2.17. The number of fused-ring (bicyclic) bond motifs is 3. The van der Waals surface area contributed by atoms with Gasteiger partial charge < -0.3 is 15.5 Å². The Kier molecular flexibility index (Phi) is 2.56. The van der Waals surface area contributed by atoms with Crippen molar-refractivity contribution in [2.75, 3.05) is 6.61 Å². The second-order valence-corrected chi connectivity index (χ2v) is 4.70. The molecule has 17 heavy (non-hydrogen) atoms. The van der Waals surface area contributed by atoms with Gasteiger partial charge in [0.2, 0.25) is 0 Å². The molecule has 2 aromatic rings. The van der Waals surface area contributed by atoms with E-state index in [0.717, 1.165) is 30.5 Å². The molecule has 0 bridgehead atoms. The monoisotopic (exact) mass is 230 g/mol. The van der Waals surface area contributed by atoms with E-state index < -0.39 is 0 Å². The molecule has 3 heteroatoms. The topological polar surface area (TPSA) is 51.0 Å². The van der Waals surface area contributed by atoms with Crippen LogP contribution in [0.5, 0.6) is 5.75 Å². The molecule has 1 atom stereocenters. The van der Waals surface area contributed by atoms with Crippen LogP contribution >= 0.6 is 0 Å². The number of hydrogen-bond acceptors (Lipinski definition) is 2. The van der Waals surface area contributed by atoms with Gasteiger partial charge in [-0.15, -0.1) is 0 Å². The number of aromatic amines is 1. The number of nitrogens with one attached hydrogen (secondary N) is 1. The number of nitrogens with two attached hydrogens (primary N) is 1. The first kappa shape index (κ1) is 10.7. The van der Waals surface area contributed by atoms with E-state index in [-0.39, 0.29) is 0 Å². The van der Waals surface area contributed by atoms with Crippen LogP contribution in [0.3, 0.4) is 0 Å². The number of para-hydroxylation sites is 1. The van der Waals surface area contributed by atoms with Crippen LogP contribution in [-0.2, 0) is 12.8 Å². The van der Waals surface area contributed by atoms with Gasteiger partial charge in [-0.05, 0) is 37.8 Å². The van der Waals surface area contributed by atoms with Crippen molar-refractivity contribution in [1.82, 2.24) is 4.98 Å². The zero-order valence-electron chi connectivity index (χ0n) is 10.1. The van der Waals surface area contributed by atoms with Crippen molar-refractivity contribution in [3.8, 4) is 5.75 Å². The van der Waals surface area contributed by atoms with E-state index in [9.17, 15) is 0 Å². The molecule has 0 saturated carbocycles. The third-order valence-corrected chi connectivity index (χ3v) is 3.52. The molecule has 1 aliphatic carbocycles. The highest BCUT2D eigenvalue weighted by Gasteiger charge is 2.21. The largest absolute Gasteiger partial charge is 0.492 e. The van der Waals surface area contributed by atoms with Crippen LogP contribution in [-0.4, -0.2) is 17.6 Å². The normalized spacial score (nSPS) is 19.3. The van der Waals surface area contributed by atoms with Crippen molar-refractivity contribution in [3.63, 3.8) is 0 Å². The Balaban J connectivity index is 2.17. The van der Waals surface area contributed by atoms with E-state index in [2.05, 4.69) is 17.1 Å². The van der Waals surface area contributed by atoms with E-state index in [1.807, 2.05) is 13.0 Å². The second kappa shape index (κ2) is 4.08. The predicted molar refractivity (Wildman–Crippen MR) is 69.5 cm³/mol. The highest BCUT2D eigenvalue weighted by atomic mass is 16.5. The third kappa shape index (κ3) is 1.71. The Labute approximate surface area is 101 Å². The van der Waals surface area contributed by atoms with Crippen molar-refractivity contribution in [1.29, 1.82) is 0 Å². The van der Waals surface area contributed by atoms with E-state index in [1.54, 1.807) is 0 Å².